The highest BCUT2D eigenvalue weighted by molar-refractivity contribution is 7.15. The molecule has 3 heterocycles. The molecule has 5 nitrogen and oxygen atoms in total. The highest BCUT2D eigenvalue weighted by Gasteiger charge is 2.25. The Kier molecular flexibility index (Phi) is 3.47. The van der Waals surface area contributed by atoms with Gasteiger partial charge in [0.2, 0.25) is 0 Å². The van der Waals surface area contributed by atoms with Crippen LogP contribution in [-0.2, 0) is 6.61 Å². The van der Waals surface area contributed by atoms with Crippen LogP contribution < -0.4 is 4.90 Å². The average Bonchev–Trinajstić information content (AvgIpc) is 2.98. The highest BCUT2D eigenvalue weighted by Crippen LogP contribution is 2.27. The molecule has 1 aliphatic rings. The number of rotatable bonds is 3. The topological polar surface area (TPSA) is 44.0 Å². The number of hydrogen-bond donors (Lipinski definition) is 1. The fourth-order valence-corrected chi connectivity index (χ4v) is 3.53. The number of imidazole rings is 1. The SMILES string of the molecule is CN1CCC(N(C)c2nc3sccn3c2CO)CC1. The Hall–Kier alpha value is -1.11. The maximum absolute atomic E-state index is 9.62. The summed E-state index contributed by atoms with van der Waals surface area (Å²) in [5.74, 6) is 0.934. The minimum absolute atomic E-state index is 0.0319. The second-order valence-corrected chi connectivity index (χ2v) is 6.11. The molecule has 2 aromatic heterocycles. The van der Waals surface area contributed by atoms with Gasteiger partial charge in [-0.25, -0.2) is 4.98 Å². The van der Waals surface area contributed by atoms with Crippen molar-refractivity contribution < 1.29 is 5.11 Å². The van der Waals surface area contributed by atoms with Crippen molar-refractivity contribution in [1.82, 2.24) is 14.3 Å². The van der Waals surface area contributed by atoms with E-state index in [9.17, 15) is 5.11 Å². The number of thiazole rings is 1. The molecule has 0 saturated carbocycles. The van der Waals surface area contributed by atoms with Crippen LogP contribution in [0, 0.1) is 0 Å². The quantitative estimate of drug-likeness (QED) is 0.923. The van der Waals surface area contributed by atoms with E-state index in [1.165, 1.54) is 0 Å². The van der Waals surface area contributed by atoms with Crippen molar-refractivity contribution in [3.8, 4) is 0 Å². The molecule has 0 aliphatic carbocycles. The molecule has 1 saturated heterocycles. The predicted octanol–water partition coefficient (Wildman–Crippen LogP) is 1.42. The van der Waals surface area contributed by atoms with Crippen LogP contribution in [0.1, 0.15) is 18.5 Å². The van der Waals surface area contributed by atoms with Gasteiger partial charge in [-0.05, 0) is 33.0 Å². The number of aromatic nitrogens is 2. The molecule has 2 aromatic rings. The summed E-state index contributed by atoms with van der Waals surface area (Å²) >= 11 is 1.61. The van der Waals surface area contributed by atoms with Crippen molar-refractivity contribution in [2.45, 2.75) is 25.5 Å². The molecule has 0 bridgehead atoms. The molecule has 0 radical (unpaired) electrons. The third-order valence-electron chi connectivity index (χ3n) is 4.06. The summed E-state index contributed by atoms with van der Waals surface area (Å²) < 4.78 is 1.99. The smallest absolute Gasteiger partial charge is 0.195 e. The first-order valence-corrected chi connectivity index (χ1v) is 7.55. The number of piperidine rings is 1. The van der Waals surface area contributed by atoms with Crippen molar-refractivity contribution >= 4 is 22.1 Å². The molecule has 0 amide bonds. The first-order chi connectivity index (χ1) is 9.20. The van der Waals surface area contributed by atoms with Crippen LogP contribution in [0.2, 0.25) is 0 Å². The van der Waals surface area contributed by atoms with Crippen molar-refractivity contribution in [3.63, 3.8) is 0 Å². The molecule has 0 unspecified atom stereocenters. The van der Waals surface area contributed by atoms with Crippen LogP contribution in [0.3, 0.4) is 0 Å². The fourth-order valence-electron chi connectivity index (χ4n) is 2.81. The van der Waals surface area contributed by atoms with Crippen molar-refractivity contribution in [2.24, 2.45) is 0 Å². The van der Waals surface area contributed by atoms with Crippen LogP contribution >= 0.6 is 11.3 Å². The van der Waals surface area contributed by atoms with Crippen molar-refractivity contribution in [3.05, 3.63) is 17.3 Å². The van der Waals surface area contributed by atoms with E-state index in [4.69, 9.17) is 0 Å². The van der Waals surface area contributed by atoms with Crippen LogP contribution in [0.25, 0.3) is 4.96 Å². The second kappa shape index (κ2) is 5.11. The van der Waals surface area contributed by atoms with E-state index in [0.717, 1.165) is 42.4 Å². The Morgan fingerprint density at radius 3 is 2.89 bits per heavy atom. The van der Waals surface area contributed by atoms with Gasteiger partial charge in [-0.1, -0.05) is 0 Å². The lowest BCUT2D eigenvalue weighted by Crippen LogP contribution is -2.42. The van der Waals surface area contributed by atoms with Gasteiger partial charge in [-0.15, -0.1) is 11.3 Å². The lowest BCUT2D eigenvalue weighted by molar-refractivity contribution is 0.251. The highest BCUT2D eigenvalue weighted by atomic mass is 32.1. The summed E-state index contributed by atoms with van der Waals surface area (Å²) in [7, 11) is 4.27. The zero-order valence-corrected chi connectivity index (χ0v) is 12.2. The summed E-state index contributed by atoms with van der Waals surface area (Å²) in [6, 6.07) is 0.520. The number of aliphatic hydroxyl groups excluding tert-OH is 1. The molecule has 0 atom stereocenters. The monoisotopic (exact) mass is 280 g/mol. The van der Waals surface area contributed by atoms with E-state index in [2.05, 4.69) is 28.9 Å². The molecular weight excluding hydrogens is 260 g/mol. The molecule has 1 fully saturated rings. The van der Waals surface area contributed by atoms with Crippen molar-refractivity contribution in [2.75, 3.05) is 32.1 Å². The van der Waals surface area contributed by atoms with E-state index < -0.39 is 0 Å². The van der Waals surface area contributed by atoms with Crippen LogP contribution in [0.5, 0.6) is 0 Å². The van der Waals surface area contributed by atoms with E-state index in [1.54, 1.807) is 11.3 Å². The van der Waals surface area contributed by atoms with Gasteiger partial charge < -0.3 is 14.9 Å². The maximum atomic E-state index is 9.62. The van der Waals surface area contributed by atoms with Gasteiger partial charge in [0.25, 0.3) is 0 Å². The summed E-state index contributed by atoms with van der Waals surface area (Å²) in [5, 5.41) is 11.6. The Labute approximate surface area is 117 Å². The number of fused-ring (bicyclic) bond motifs is 1. The molecule has 1 aliphatic heterocycles. The molecular formula is C13H20N4OS. The molecule has 104 valence electrons. The van der Waals surface area contributed by atoms with Gasteiger partial charge in [0, 0.05) is 24.7 Å². The first kappa shape index (κ1) is 12.9. The molecule has 0 spiro atoms. The first-order valence-electron chi connectivity index (χ1n) is 6.67. The second-order valence-electron chi connectivity index (χ2n) is 5.24. The van der Waals surface area contributed by atoms with Gasteiger partial charge >= 0.3 is 0 Å². The van der Waals surface area contributed by atoms with Crippen LogP contribution in [-0.4, -0.2) is 52.6 Å². The van der Waals surface area contributed by atoms with Gasteiger partial charge in [-0.2, -0.15) is 0 Å². The lowest BCUT2D eigenvalue weighted by atomic mass is 10.0. The van der Waals surface area contributed by atoms with Crippen molar-refractivity contribution in [1.29, 1.82) is 0 Å². The van der Waals surface area contributed by atoms with E-state index in [-0.39, 0.29) is 6.61 Å². The Morgan fingerprint density at radius 1 is 1.47 bits per heavy atom. The Morgan fingerprint density at radius 2 is 2.21 bits per heavy atom. The van der Waals surface area contributed by atoms with Crippen LogP contribution in [0.15, 0.2) is 11.6 Å². The minimum atomic E-state index is 0.0319. The zero-order chi connectivity index (χ0) is 13.4. The molecule has 1 N–H and O–H groups in total. The molecule has 0 aromatic carbocycles. The standard InChI is InChI=1S/C13H20N4OS/c1-15-5-3-10(4-6-15)16(2)12-11(9-18)17-7-8-19-13(17)14-12/h7-8,10,18H,3-6,9H2,1-2H3. The molecule has 3 rings (SSSR count). The van der Waals surface area contributed by atoms with E-state index >= 15 is 0 Å². The number of likely N-dealkylation sites (tertiary alicyclic amines) is 1. The summed E-state index contributed by atoms with van der Waals surface area (Å²) in [4.78, 5) is 10.2. The van der Waals surface area contributed by atoms with E-state index in [1.807, 2.05) is 16.0 Å². The fraction of sp³-hybridized carbons (Fsp3) is 0.615. The van der Waals surface area contributed by atoms with E-state index in [0.29, 0.717) is 6.04 Å². The number of nitrogens with zero attached hydrogens (tertiary/aromatic N) is 4. The van der Waals surface area contributed by atoms with Gasteiger partial charge in [0.05, 0.1) is 12.3 Å². The largest absolute Gasteiger partial charge is 0.390 e. The molecule has 19 heavy (non-hydrogen) atoms. The normalized spacial score (nSPS) is 18.3. The average molecular weight is 280 g/mol. The summed E-state index contributed by atoms with van der Waals surface area (Å²) in [6.45, 7) is 2.29. The lowest BCUT2D eigenvalue weighted by Gasteiger charge is -2.35. The summed E-state index contributed by atoms with van der Waals surface area (Å²) in [5.41, 5.74) is 0.901. The Bertz CT molecular complexity index is 556. The third kappa shape index (κ3) is 2.24. The molecule has 6 heteroatoms. The van der Waals surface area contributed by atoms with Gasteiger partial charge in [0.1, 0.15) is 0 Å². The number of hydrogen-bond acceptors (Lipinski definition) is 5. The zero-order valence-electron chi connectivity index (χ0n) is 11.4. The van der Waals surface area contributed by atoms with Gasteiger partial charge in [-0.3, -0.25) is 4.40 Å². The van der Waals surface area contributed by atoms with Gasteiger partial charge in [0.15, 0.2) is 10.8 Å². The predicted molar refractivity (Wildman–Crippen MR) is 77.9 cm³/mol. The van der Waals surface area contributed by atoms with Crippen LogP contribution in [0.4, 0.5) is 5.82 Å². The third-order valence-corrected chi connectivity index (χ3v) is 4.82. The number of anilines is 1. The minimum Gasteiger partial charge on any atom is -0.390 e. The maximum Gasteiger partial charge on any atom is 0.195 e. The number of aliphatic hydroxyl groups is 1. The summed E-state index contributed by atoms with van der Waals surface area (Å²) in [6.07, 6.45) is 4.29. The Balaban J connectivity index is 1.88.